The van der Waals surface area contributed by atoms with Crippen LogP contribution in [0.5, 0.6) is 11.5 Å². The molecule has 1 atom stereocenters. The molecule has 31 heavy (non-hydrogen) atoms. The Morgan fingerprint density at radius 1 is 1.03 bits per heavy atom. The molecule has 5 rings (SSSR count). The zero-order valence-corrected chi connectivity index (χ0v) is 17.2. The lowest BCUT2D eigenvalue weighted by Crippen LogP contribution is -2.60. The minimum Gasteiger partial charge on any atom is -0.431 e. The van der Waals surface area contributed by atoms with E-state index in [0.717, 1.165) is 22.4 Å². The molecule has 0 saturated heterocycles. The van der Waals surface area contributed by atoms with Crippen molar-refractivity contribution in [3.8, 4) is 11.5 Å². The largest absolute Gasteiger partial charge is 0.431 e. The van der Waals surface area contributed by atoms with Crippen LogP contribution in [0.4, 0.5) is 5.69 Å². The highest BCUT2D eigenvalue weighted by Gasteiger charge is 2.47. The maximum absolute atomic E-state index is 13.0. The number of ether oxygens (including phenoxy) is 2. The van der Waals surface area contributed by atoms with Crippen LogP contribution in [0.25, 0.3) is 6.08 Å². The monoisotopic (exact) mass is 411 g/mol. The maximum atomic E-state index is 13.0. The van der Waals surface area contributed by atoms with Gasteiger partial charge in [0.1, 0.15) is 11.5 Å². The zero-order valence-electron chi connectivity index (χ0n) is 17.2. The van der Waals surface area contributed by atoms with Gasteiger partial charge in [-0.1, -0.05) is 30.3 Å². The molecular formula is C25H21N3O3. The molecule has 6 nitrogen and oxygen atoms in total. The van der Waals surface area contributed by atoms with Gasteiger partial charge in [0.05, 0.1) is 17.5 Å². The van der Waals surface area contributed by atoms with Crippen molar-refractivity contribution in [1.29, 1.82) is 0 Å². The highest BCUT2D eigenvalue weighted by Crippen LogP contribution is 2.41. The minimum atomic E-state index is -1.36. The Labute approximate surface area is 180 Å². The van der Waals surface area contributed by atoms with E-state index in [4.69, 9.17) is 9.47 Å². The van der Waals surface area contributed by atoms with Crippen molar-refractivity contribution >= 4 is 23.9 Å². The molecular weight excluding hydrogens is 390 g/mol. The summed E-state index contributed by atoms with van der Waals surface area (Å²) in [5.41, 5.74) is 7.17. The van der Waals surface area contributed by atoms with E-state index in [1.165, 1.54) is 4.90 Å². The topological polar surface area (TPSA) is 63.2 Å². The summed E-state index contributed by atoms with van der Waals surface area (Å²) in [6.07, 6.45) is 5.40. The molecule has 0 fully saturated rings. The van der Waals surface area contributed by atoms with Gasteiger partial charge in [-0.05, 0) is 55.0 Å². The van der Waals surface area contributed by atoms with Crippen LogP contribution in [0.15, 0.2) is 77.9 Å². The average Bonchev–Trinajstić information content (AvgIpc) is 2.79. The van der Waals surface area contributed by atoms with Gasteiger partial charge in [0.15, 0.2) is 0 Å². The van der Waals surface area contributed by atoms with Crippen LogP contribution >= 0.6 is 0 Å². The molecule has 0 aromatic heterocycles. The number of para-hydroxylation sites is 2. The minimum absolute atomic E-state index is 0.164. The molecule has 1 spiro atoms. The molecule has 0 aliphatic carbocycles. The first-order valence-electron chi connectivity index (χ1n) is 9.99. The van der Waals surface area contributed by atoms with E-state index < -0.39 is 5.91 Å². The molecule has 0 radical (unpaired) electrons. The number of rotatable bonds is 3. The van der Waals surface area contributed by atoms with Gasteiger partial charge in [-0.25, -0.2) is 0 Å². The molecule has 0 bridgehead atoms. The van der Waals surface area contributed by atoms with Crippen LogP contribution in [0.1, 0.15) is 27.0 Å². The smallest absolute Gasteiger partial charge is 0.362 e. The predicted octanol–water partition coefficient (Wildman–Crippen LogP) is 4.67. The van der Waals surface area contributed by atoms with Gasteiger partial charge in [-0.15, -0.1) is 0 Å². The summed E-state index contributed by atoms with van der Waals surface area (Å²) in [6.45, 7) is 2.02. The number of carbonyl (C=O) groups is 1. The van der Waals surface area contributed by atoms with Crippen LogP contribution in [-0.2, 0) is 0 Å². The van der Waals surface area contributed by atoms with Crippen molar-refractivity contribution in [2.24, 2.45) is 5.10 Å². The number of anilines is 1. The van der Waals surface area contributed by atoms with Gasteiger partial charge in [0.25, 0.3) is 5.91 Å². The SMILES string of the molecule is Cc1cc2c(c(/C=N/Nc3ccccc3)c1)OC1(C=C2)Oc2ccccc2C(=O)N1C. The number of amides is 1. The summed E-state index contributed by atoms with van der Waals surface area (Å²) in [6, 6.07) is 20.9. The highest BCUT2D eigenvalue weighted by molar-refractivity contribution is 5.98. The third kappa shape index (κ3) is 3.32. The van der Waals surface area contributed by atoms with E-state index in [9.17, 15) is 4.79 Å². The molecule has 2 aliphatic heterocycles. The summed E-state index contributed by atoms with van der Waals surface area (Å²) < 4.78 is 12.6. The van der Waals surface area contributed by atoms with E-state index in [1.54, 1.807) is 31.5 Å². The van der Waals surface area contributed by atoms with E-state index in [2.05, 4.69) is 10.5 Å². The van der Waals surface area contributed by atoms with E-state index >= 15 is 0 Å². The summed E-state index contributed by atoms with van der Waals surface area (Å²) in [7, 11) is 1.67. The lowest BCUT2D eigenvalue weighted by atomic mass is 10.0. The standard InChI is InChI=1S/C25H21N3O3/c1-17-14-18-12-13-25(28(2)24(29)21-10-6-7-11-22(21)30-25)31-23(18)19(15-17)16-26-27-20-8-4-3-5-9-20/h3-16,27H,1-2H3/b26-16+. The normalized spacial score (nSPS) is 19.0. The fraction of sp³-hybridized carbons (Fsp3) is 0.120. The number of aryl methyl sites for hydroxylation is 1. The van der Waals surface area contributed by atoms with Crippen LogP contribution in [-0.4, -0.2) is 30.0 Å². The Hall–Kier alpha value is -4.06. The van der Waals surface area contributed by atoms with Gasteiger partial charge in [0, 0.05) is 24.3 Å². The molecule has 0 saturated carbocycles. The van der Waals surface area contributed by atoms with Crippen molar-refractivity contribution in [2.75, 3.05) is 12.5 Å². The average molecular weight is 411 g/mol. The summed E-state index contributed by atoms with van der Waals surface area (Å²) in [5.74, 6) is -0.427. The van der Waals surface area contributed by atoms with Gasteiger partial charge >= 0.3 is 5.91 Å². The highest BCUT2D eigenvalue weighted by atomic mass is 16.7. The summed E-state index contributed by atoms with van der Waals surface area (Å²) in [4.78, 5) is 14.4. The first kappa shape index (κ1) is 18.9. The number of likely N-dealkylation sites (N-methyl/N-ethyl adjacent to an activating group) is 1. The Kier molecular flexibility index (Phi) is 4.47. The quantitative estimate of drug-likeness (QED) is 0.503. The van der Waals surface area contributed by atoms with Gasteiger partial charge in [-0.3, -0.25) is 15.1 Å². The maximum Gasteiger partial charge on any atom is 0.362 e. The fourth-order valence-electron chi connectivity index (χ4n) is 3.75. The molecule has 2 aliphatic rings. The third-order valence-corrected chi connectivity index (χ3v) is 5.33. The molecule has 2 heterocycles. The molecule has 3 aromatic carbocycles. The van der Waals surface area contributed by atoms with Crippen molar-refractivity contribution in [1.82, 2.24) is 4.90 Å². The van der Waals surface area contributed by atoms with Crippen molar-refractivity contribution in [3.05, 3.63) is 95.1 Å². The molecule has 154 valence electrons. The van der Waals surface area contributed by atoms with Crippen LogP contribution in [0, 0.1) is 6.92 Å². The Bertz CT molecular complexity index is 1220. The number of nitrogens with one attached hydrogen (secondary N) is 1. The van der Waals surface area contributed by atoms with Gasteiger partial charge in [0.2, 0.25) is 0 Å². The number of benzene rings is 3. The Morgan fingerprint density at radius 3 is 2.65 bits per heavy atom. The molecule has 1 N–H and O–H groups in total. The molecule has 6 heteroatoms. The second-order valence-corrected chi connectivity index (χ2v) is 7.54. The first-order chi connectivity index (χ1) is 15.1. The number of fused-ring (bicyclic) bond motifs is 2. The lowest BCUT2D eigenvalue weighted by Gasteiger charge is -2.44. The number of nitrogens with zero attached hydrogens (tertiary/aromatic N) is 2. The van der Waals surface area contributed by atoms with E-state index in [0.29, 0.717) is 17.1 Å². The van der Waals surface area contributed by atoms with Crippen molar-refractivity contribution in [3.63, 3.8) is 0 Å². The second-order valence-electron chi connectivity index (χ2n) is 7.54. The van der Waals surface area contributed by atoms with Crippen molar-refractivity contribution in [2.45, 2.75) is 12.8 Å². The second kappa shape index (κ2) is 7.32. The van der Waals surface area contributed by atoms with E-state index in [-0.39, 0.29) is 5.91 Å². The number of hydrogen-bond donors (Lipinski definition) is 1. The van der Waals surface area contributed by atoms with Crippen molar-refractivity contribution < 1.29 is 14.3 Å². The molecule has 1 unspecified atom stereocenters. The summed E-state index contributed by atoms with van der Waals surface area (Å²) in [5, 5.41) is 4.36. The summed E-state index contributed by atoms with van der Waals surface area (Å²) >= 11 is 0. The fourth-order valence-corrected chi connectivity index (χ4v) is 3.75. The predicted molar refractivity (Wildman–Crippen MR) is 120 cm³/mol. The molecule has 1 amide bonds. The Morgan fingerprint density at radius 2 is 1.81 bits per heavy atom. The Balaban J connectivity index is 1.50. The lowest BCUT2D eigenvalue weighted by molar-refractivity contribution is -0.166. The number of hydrazone groups is 1. The van der Waals surface area contributed by atoms with Gasteiger partial charge < -0.3 is 9.47 Å². The van der Waals surface area contributed by atoms with Gasteiger partial charge in [-0.2, -0.15) is 5.10 Å². The van der Waals surface area contributed by atoms with Crippen LogP contribution in [0.2, 0.25) is 0 Å². The van der Waals surface area contributed by atoms with Crippen LogP contribution < -0.4 is 14.9 Å². The van der Waals surface area contributed by atoms with Crippen LogP contribution in [0.3, 0.4) is 0 Å². The first-order valence-corrected chi connectivity index (χ1v) is 9.99. The number of hydrogen-bond acceptors (Lipinski definition) is 5. The van der Waals surface area contributed by atoms with E-state index in [1.807, 2.05) is 67.6 Å². The zero-order chi connectivity index (χ0) is 21.4. The third-order valence-electron chi connectivity index (χ3n) is 5.33. The number of carbonyl (C=O) groups excluding carboxylic acids is 1. The molecule has 3 aromatic rings.